The first-order chi connectivity index (χ1) is 19.7. The number of nitrogens with zero attached hydrogens (tertiary/aromatic N) is 4. The number of amides is 1. The molecule has 1 amide bonds. The fourth-order valence-corrected chi connectivity index (χ4v) is 6.36. The third-order valence-corrected chi connectivity index (χ3v) is 8.69. The Kier molecular flexibility index (Phi) is 8.94. The first kappa shape index (κ1) is 29.1. The van der Waals surface area contributed by atoms with Crippen molar-refractivity contribution in [3.8, 4) is 0 Å². The molecule has 41 heavy (non-hydrogen) atoms. The Morgan fingerprint density at radius 1 is 1.22 bits per heavy atom. The molecule has 1 unspecified atom stereocenters. The van der Waals surface area contributed by atoms with E-state index in [4.69, 9.17) is 21.0 Å². The van der Waals surface area contributed by atoms with Crippen molar-refractivity contribution in [2.75, 3.05) is 13.1 Å². The van der Waals surface area contributed by atoms with Crippen molar-refractivity contribution in [3.05, 3.63) is 75.0 Å². The molecule has 4 heterocycles. The van der Waals surface area contributed by atoms with Gasteiger partial charge in [-0.05, 0) is 36.1 Å². The van der Waals surface area contributed by atoms with Crippen molar-refractivity contribution in [2.45, 2.75) is 50.0 Å². The summed E-state index contributed by atoms with van der Waals surface area (Å²) in [6.45, 7) is 0.273. The van der Waals surface area contributed by atoms with Crippen LogP contribution in [0.25, 0.3) is 5.70 Å². The van der Waals surface area contributed by atoms with E-state index in [1.54, 1.807) is 4.90 Å². The normalized spacial score (nSPS) is 17.8. The number of thioether (sulfide) groups is 1. The van der Waals surface area contributed by atoms with Crippen molar-refractivity contribution in [3.63, 3.8) is 0 Å². The first-order valence-electron chi connectivity index (χ1n) is 12.7. The highest BCUT2D eigenvalue weighted by molar-refractivity contribution is 8.13. The number of hydrogen-bond donors (Lipinski definition) is 3. The number of carbonyl (C=O) groups excluding carboxylic acids is 1. The van der Waals surface area contributed by atoms with Crippen LogP contribution in [0.1, 0.15) is 70.9 Å². The quantitative estimate of drug-likeness (QED) is 0.170. The number of hydrogen-bond acceptors (Lipinski definition) is 8. The minimum absolute atomic E-state index is 0.0499. The Bertz CT molecular complexity index is 1440. The van der Waals surface area contributed by atoms with Crippen LogP contribution in [0.5, 0.6) is 0 Å². The van der Waals surface area contributed by atoms with Gasteiger partial charge in [0, 0.05) is 30.1 Å². The minimum Gasteiger partial charge on any atom is -0.379 e. The Labute approximate surface area is 241 Å². The molecule has 0 radical (unpaired) electrons. The summed E-state index contributed by atoms with van der Waals surface area (Å²) in [6, 6.07) is 8.45. The zero-order chi connectivity index (χ0) is 29.1. The second-order valence-corrected chi connectivity index (χ2v) is 11.5. The van der Waals surface area contributed by atoms with Gasteiger partial charge in [-0.25, -0.2) is 22.5 Å². The van der Waals surface area contributed by atoms with Crippen molar-refractivity contribution < 1.29 is 27.2 Å². The van der Waals surface area contributed by atoms with Crippen LogP contribution in [0.15, 0.2) is 41.8 Å². The largest absolute Gasteiger partial charge is 0.379 e. The summed E-state index contributed by atoms with van der Waals surface area (Å²) in [6.07, 6.45) is -3.12. The molecule has 5 rings (SSSR count). The number of aromatic nitrogens is 3. The second-order valence-electron chi connectivity index (χ2n) is 9.55. The molecule has 1 fully saturated rings. The van der Waals surface area contributed by atoms with Gasteiger partial charge in [0.25, 0.3) is 12.9 Å². The fraction of sp³-hybridized carbons (Fsp3) is 0.385. The Hall–Kier alpha value is -3.43. The summed E-state index contributed by atoms with van der Waals surface area (Å²) in [5, 5.41) is 13.9. The number of likely N-dealkylation sites (tertiary alicyclic amines) is 1. The van der Waals surface area contributed by atoms with Gasteiger partial charge in [0.05, 0.1) is 16.4 Å². The van der Waals surface area contributed by atoms with E-state index in [1.807, 2.05) is 35.7 Å². The van der Waals surface area contributed by atoms with Gasteiger partial charge in [-0.15, -0.1) is 11.3 Å². The second kappa shape index (κ2) is 12.6. The number of piperidine rings is 1. The first-order valence-corrected chi connectivity index (χ1v) is 14.6. The molecular formula is C26H27F4N7O2S2. The summed E-state index contributed by atoms with van der Waals surface area (Å²) < 4.78 is 53.1. The van der Waals surface area contributed by atoms with Crippen LogP contribution in [-0.2, 0) is 21.9 Å². The van der Waals surface area contributed by atoms with Crippen molar-refractivity contribution in [1.82, 2.24) is 25.1 Å². The highest BCUT2D eigenvalue weighted by Crippen LogP contribution is 2.35. The average molecular weight is 610 g/mol. The number of hydroxylamine groups is 1. The molecule has 0 spiro atoms. The Morgan fingerprint density at radius 2 is 1.98 bits per heavy atom. The van der Waals surface area contributed by atoms with E-state index < -0.39 is 36.7 Å². The van der Waals surface area contributed by atoms with E-state index in [9.17, 15) is 22.4 Å². The number of nitrogens with two attached hydrogens (primary N) is 1. The van der Waals surface area contributed by atoms with Gasteiger partial charge < -0.3 is 10.6 Å². The zero-order valence-electron chi connectivity index (χ0n) is 21.6. The van der Waals surface area contributed by atoms with Crippen LogP contribution in [-0.4, -0.2) is 43.8 Å². The van der Waals surface area contributed by atoms with E-state index in [2.05, 4.69) is 10.6 Å². The number of amidine groups is 1. The summed E-state index contributed by atoms with van der Waals surface area (Å²) in [5.74, 6) is 0.232. The van der Waals surface area contributed by atoms with E-state index in [0.29, 0.717) is 42.4 Å². The molecular weight excluding hydrogens is 582 g/mol. The molecule has 1 aromatic carbocycles. The highest BCUT2D eigenvalue weighted by atomic mass is 32.2. The molecule has 2 aliphatic heterocycles. The van der Waals surface area contributed by atoms with Crippen LogP contribution in [0.3, 0.4) is 0 Å². The summed E-state index contributed by atoms with van der Waals surface area (Å²) in [7, 11) is 0. The molecule has 9 nitrogen and oxygen atoms in total. The topological polar surface area (TPSA) is 122 Å². The van der Waals surface area contributed by atoms with Gasteiger partial charge in [0.2, 0.25) is 5.91 Å². The molecule has 15 heteroatoms. The zero-order valence-corrected chi connectivity index (χ0v) is 23.2. The molecule has 2 aromatic heterocycles. The summed E-state index contributed by atoms with van der Waals surface area (Å²) >= 11 is 2.76. The van der Waals surface area contributed by atoms with Gasteiger partial charge in [-0.2, -0.15) is 5.10 Å². The smallest absolute Gasteiger partial charge is 0.282 e. The van der Waals surface area contributed by atoms with E-state index >= 15 is 0 Å². The monoisotopic (exact) mass is 609 g/mol. The lowest BCUT2D eigenvalue weighted by atomic mass is 9.97. The van der Waals surface area contributed by atoms with Crippen molar-refractivity contribution in [1.29, 1.82) is 5.41 Å². The lowest BCUT2D eigenvalue weighted by Crippen LogP contribution is -2.40. The number of carbonyl (C=O) groups is 1. The van der Waals surface area contributed by atoms with Crippen LogP contribution >= 0.6 is 23.1 Å². The fourth-order valence-electron chi connectivity index (χ4n) is 4.80. The van der Waals surface area contributed by atoms with Crippen LogP contribution in [0, 0.1) is 5.41 Å². The van der Waals surface area contributed by atoms with Crippen molar-refractivity contribution in [2.24, 2.45) is 5.73 Å². The molecule has 2 aliphatic rings. The Morgan fingerprint density at radius 3 is 2.68 bits per heavy atom. The SMILES string of the molecule is N=C(N)SCc1ccccc1C1C=C(c2csc(C3CCN(C(=O)Cn4nc(C(F)F)cc4C(F)F)CC3)n2)NO1. The highest BCUT2D eigenvalue weighted by Gasteiger charge is 2.29. The lowest BCUT2D eigenvalue weighted by Gasteiger charge is -2.31. The van der Waals surface area contributed by atoms with Crippen LogP contribution < -0.4 is 11.2 Å². The summed E-state index contributed by atoms with van der Waals surface area (Å²) in [4.78, 5) is 24.9. The number of nitrogens with one attached hydrogen (secondary N) is 2. The molecule has 4 N–H and O–H groups in total. The molecule has 3 aromatic rings. The third kappa shape index (κ3) is 6.73. The molecule has 218 valence electrons. The number of benzene rings is 1. The number of halogens is 4. The minimum atomic E-state index is -3.02. The van der Waals surface area contributed by atoms with E-state index in [-0.39, 0.29) is 17.2 Å². The van der Waals surface area contributed by atoms with Gasteiger partial charge in [-0.1, -0.05) is 36.0 Å². The average Bonchev–Trinajstić information content (AvgIpc) is 3.72. The predicted molar refractivity (Wildman–Crippen MR) is 147 cm³/mol. The maximum atomic E-state index is 13.3. The number of alkyl halides is 4. The maximum absolute atomic E-state index is 13.3. The van der Waals surface area contributed by atoms with Crippen LogP contribution in [0.4, 0.5) is 17.6 Å². The van der Waals surface area contributed by atoms with E-state index in [1.165, 1.54) is 23.1 Å². The predicted octanol–water partition coefficient (Wildman–Crippen LogP) is 5.36. The lowest BCUT2D eigenvalue weighted by molar-refractivity contribution is -0.133. The van der Waals surface area contributed by atoms with Gasteiger partial charge in [0.15, 0.2) is 5.17 Å². The molecule has 0 bridgehead atoms. The Balaban J connectivity index is 1.19. The molecule has 0 aliphatic carbocycles. The number of thiazole rings is 1. The number of rotatable bonds is 9. The summed E-state index contributed by atoms with van der Waals surface area (Å²) in [5.41, 5.74) is 10.5. The maximum Gasteiger partial charge on any atom is 0.282 e. The molecule has 0 saturated carbocycles. The van der Waals surface area contributed by atoms with Crippen LogP contribution in [0.2, 0.25) is 0 Å². The molecule has 1 saturated heterocycles. The van der Waals surface area contributed by atoms with Gasteiger partial charge in [-0.3, -0.25) is 25.2 Å². The van der Waals surface area contributed by atoms with E-state index in [0.717, 1.165) is 27.5 Å². The van der Waals surface area contributed by atoms with Crippen molar-refractivity contribution >= 4 is 39.9 Å². The molecule has 1 atom stereocenters. The van der Waals surface area contributed by atoms with Gasteiger partial charge >= 0.3 is 0 Å². The third-order valence-electron chi connectivity index (χ3n) is 6.92. The van der Waals surface area contributed by atoms with Gasteiger partial charge in [0.1, 0.15) is 24.0 Å². The standard InChI is InChI=1S/C26H27F4N7O2S2/c27-23(28)18-9-20(24(29)30)37(34-18)11-22(38)36-7-5-14(6-8-36)25-33-19(13-40-25)17-10-21(39-35-17)16-4-2-1-3-15(16)12-41-26(31)32/h1-4,9-10,13-14,21,23-24,35H,5-8,11-12H2,(H3,31,32).